The van der Waals surface area contributed by atoms with Crippen LogP contribution < -0.4 is 0 Å². The smallest absolute Gasteiger partial charge is 0.327 e. The van der Waals surface area contributed by atoms with Gasteiger partial charge in [0.15, 0.2) is 5.69 Å². The maximum Gasteiger partial charge on any atom is 0.434 e. The van der Waals surface area contributed by atoms with Gasteiger partial charge in [0.1, 0.15) is 5.82 Å². The summed E-state index contributed by atoms with van der Waals surface area (Å²) >= 11 is 6.08. The first kappa shape index (κ1) is 25.1. The number of pyridine rings is 1. The van der Waals surface area contributed by atoms with E-state index in [4.69, 9.17) is 11.6 Å². The first-order valence-electron chi connectivity index (χ1n) is 11.3. The zero-order chi connectivity index (χ0) is 25.7. The van der Waals surface area contributed by atoms with E-state index in [-0.39, 0.29) is 17.5 Å². The lowest BCUT2D eigenvalue weighted by molar-refractivity contribution is -0.141. The number of hydrogen-bond acceptors (Lipinski definition) is 5. The lowest BCUT2D eigenvalue weighted by Crippen LogP contribution is -2.50. The number of halogens is 4. The number of aryl methyl sites for hydroxylation is 2. The molecule has 0 aromatic carbocycles. The molecular formula is C24H26ClF3N6O. The highest BCUT2D eigenvalue weighted by Crippen LogP contribution is 2.41. The molecule has 1 aliphatic heterocycles. The van der Waals surface area contributed by atoms with Crippen LogP contribution in [0.2, 0.25) is 5.02 Å². The minimum absolute atomic E-state index is 0.0558. The summed E-state index contributed by atoms with van der Waals surface area (Å²) < 4.78 is 42.0. The quantitative estimate of drug-likeness (QED) is 0.472. The van der Waals surface area contributed by atoms with Crippen LogP contribution in [0.5, 0.6) is 0 Å². The molecule has 2 unspecified atom stereocenters. The average molecular weight is 507 g/mol. The van der Waals surface area contributed by atoms with Crippen LogP contribution in [0.15, 0.2) is 24.7 Å². The minimum Gasteiger partial charge on any atom is -0.327 e. The van der Waals surface area contributed by atoms with Crippen LogP contribution in [-0.2, 0) is 19.6 Å². The molecule has 7 nitrogen and oxygen atoms in total. The molecule has 0 aliphatic carbocycles. The largest absolute Gasteiger partial charge is 0.434 e. The molecule has 4 heterocycles. The second kappa shape index (κ2) is 9.22. The number of rotatable bonds is 4. The van der Waals surface area contributed by atoms with E-state index in [0.717, 1.165) is 29.4 Å². The third-order valence-corrected chi connectivity index (χ3v) is 7.02. The second-order valence-corrected chi connectivity index (χ2v) is 9.33. The summed E-state index contributed by atoms with van der Waals surface area (Å²) in [7, 11) is 1.82. The summed E-state index contributed by atoms with van der Waals surface area (Å²) in [5.74, 6) is 0.0102. The van der Waals surface area contributed by atoms with Crippen molar-refractivity contribution in [2.75, 3.05) is 0 Å². The molecule has 0 fully saturated rings. The van der Waals surface area contributed by atoms with Gasteiger partial charge in [-0.25, -0.2) is 9.97 Å². The number of alkyl halides is 3. The standard InChI is InChI=1S/C24H26ClF3N6O/c1-6-12(2)18-9-17-20(31-14(4)32-21(17)15-10-30-33(5)11-15)13(3)34(18)23(35)16-7-8-29-22(19(16)25)24(26,27)28/h7-8,10-13,18H,6,9H2,1-5H3/t12?,13-,18?/m0/s1. The number of hydrogen-bond donors (Lipinski definition) is 0. The van der Waals surface area contributed by atoms with Gasteiger partial charge in [0.25, 0.3) is 5.91 Å². The molecule has 3 aromatic rings. The van der Waals surface area contributed by atoms with Crippen molar-refractivity contribution in [1.82, 2.24) is 29.6 Å². The Balaban J connectivity index is 1.86. The predicted octanol–water partition coefficient (Wildman–Crippen LogP) is 5.43. The Hall–Kier alpha value is -3.01. The SMILES string of the molecule is CCC(C)C1Cc2c(-c3cnn(C)c3)nc(C)nc2[C@H](C)N1C(=O)c1ccnc(C(F)(F)F)c1Cl. The summed E-state index contributed by atoms with van der Waals surface area (Å²) in [4.78, 5) is 28.1. The molecule has 0 radical (unpaired) electrons. The van der Waals surface area contributed by atoms with E-state index in [2.05, 4.69) is 20.1 Å². The van der Waals surface area contributed by atoms with Crippen molar-refractivity contribution in [2.24, 2.45) is 13.0 Å². The first-order chi connectivity index (χ1) is 16.4. The zero-order valence-corrected chi connectivity index (χ0v) is 20.8. The van der Waals surface area contributed by atoms with Crippen LogP contribution in [-0.4, -0.2) is 41.6 Å². The number of carbonyl (C=O) groups excluding carboxylic acids is 1. The summed E-state index contributed by atoms with van der Waals surface area (Å²) in [5, 5.41) is 3.57. The highest BCUT2D eigenvalue weighted by Gasteiger charge is 2.42. The second-order valence-electron chi connectivity index (χ2n) is 8.95. The third kappa shape index (κ3) is 4.51. The van der Waals surface area contributed by atoms with Crippen LogP contribution in [0.1, 0.15) is 66.4 Å². The van der Waals surface area contributed by atoms with Gasteiger partial charge in [0.05, 0.1) is 34.2 Å². The minimum atomic E-state index is -4.77. The van der Waals surface area contributed by atoms with Gasteiger partial charge >= 0.3 is 6.18 Å². The van der Waals surface area contributed by atoms with Crippen LogP contribution >= 0.6 is 11.6 Å². The number of nitrogens with zero attached hydrogens (tertiary/aromatic N) is 6. The van der Waals surface area contributed by atoms with Crippen molar-refractivity contribution in [3.05, 3.63) is 58.0 Å². The molecule has 11 heteroatoms. The Morgan fingerprint density at radius 3 is 2.63 bits per heavy atom. The van der Waals surface area contributed by atoms with Crippen molar-refractivity contribution < 1.29 is 18.0 Å². The summed E-state index contributed by atoms with van der Waals surface area (Å²) in [5.41, 5.74) is 1.70. The molecule has 3 atom stereocenters. The number of carbonyl (C=O) groups is 1. The molecule has 35 heavy (non-hydrogen) atoms. The van der Waals surface area contributed by atoms with Crippen molar-refractivity contribution in [1.29, 1.82) is 0 Å². The van der Waals surface area contributed by atoms with Gasteiger partial charge in [-0.1, -0.05) is 31.9 Å². The van der Waals surface area contributed by atoms with Crippen molar-refractivity contribution in [3.8, 4) is 11.3 Å². The van der Waals surface area contributed by atoms with Crippen molar-refractivity contribution in [2.45, 2.75) is 58.8 Å². The van der Waals surface area contributed by atoms with Gasteiger partial charge in [-0.15, -0.1) is 0 Å². The average Bonchev–Trinajstić information content (AvgIpc) is 3.23. The molecule has 4 rings (SSSR count). The molecule has 0 saturated carbocycles. The molecule has 0 saturated heterocycles. The fourth-order valence-corrected chi connectivity index (χ4v) is 4.99. The predicted molar refractivity (Wildman–Crippen MR) is 125 cm³/mol. The molecular weight excluding hydrogens is 481 g/mol. The highest BCUT2D eigenvalue weighted by molar-refractivity contribution is 6.34. The van der Waals surface area contributed by atoms with E-state index in [1.807, 2.05) is 34.0 Å². The van der Waals surface area contributed by atoms with Gasteiger partial charge in [0.2, 0.25) is 0 Å². The highest BCUT2D eigenvalue weighted by atomic mass is 35.5. The maximum absolute atomic E-state index is 13.8. The lowest BCUT2D eigenvalue weighted by Gasteiger charge is -2.44. The van der Waals surface area contributed by atoms with Gasteiger partial charge in [-0.3, -0.25) is 14.5 Å². The van der Waals surface area contributed by atoms with E-state index in [1.54, 1.807) is 22.7 Å². The number of aromatic nitrogens is 5. The summed E-state index contributed by atoms with van der Waals surface area (Å²) in [6, 6.07) is 0.429. The fourth-order valence-electron chi connectivity index (χ4n) is 4.69. The Labute approximate surface area is 206 Å². The Morgan fingerprint density at radius 2 is 2.03 bits per heavy atom. The molecule has 186 valence electrons. The summed E-state index contributed by atoms with van der Waals surface area (Å²) in [6.45, 7) is 7.65. The van der Waals surface area contributed by atoms with Gasteiger partial charge in [0, 0.05) is 36.6 Å². The van der Waals surface area contributed by atoms with E-state index in [9.17, 15) is 18.0 Å². The summed E-state index contributed by atoms with van der Waals surface area (Å²) in [6.07, 6.45) is 1.03. The lowest BCUT2D eigenvalue weighted by atomic mass is 9.83. The number of fused-ring (bicyclic) bond motifs is 1. The maximum atomic E-state index is 13.8. The molecule has 1 amide bonds. The molecule has 0 spiro atoms. The van der Waals surface area contributed by atoms with Crippen molar-refractivity contribution in [3.63, 3.8) is 0 Å². The van der Waals surface area contributed by atoms with Crippen LogP contribution in [0, 0.1) is 12.8 Å². The zero-order valence-electron chi connectivity index (χ0n) is 20.1. The molecule has 0 N–H and O–H groups in total. The molecule has 1 aliphatic rings. The first-order valence-corrected chi connectivity index (χ1v) is 11.7. The molecule has 0 bridgehead atoms. The van der Waals surface area contributed by atoms with Crippen LogP contribution in [0.3, 0.4) is 0 Å². The van der Waals surface area contributed by atoms with E-state index in [0.29, 0.717) is 17.9 Å². The topological polar surface area (TPSA) is 76.8 Å². The van der Waals surface area contributed by atoms with Gasteiger partial charge in [-0.05, 0) is 32.3 Å². The Bertz CT molecular complexity index is 1270. The Morgan fingerprint density at radius 1 is 1.31 bits per heavy atom. The van der Waals surface area contributed by atoms with Crippen LogP contribution in [0.4, 0.5) is 13.2 Å². The molecule has 3 aromatic heterocycles. The van der Waals surface area contributed by atoms with Crippen molar-refractivity contribution >= 4 is 17.5 Å². The number of amides is 1. The normalized spacial score (nSPS) is 18.9. The monoisotopic (exact) mass is 506 g/mol. The van der Waals surface area contributed by atoms with Gasteiger partial charge < -0.3 is 4.90 Å². The Kier molecular flexibility index (Phi) is 6.61. The van der Waals surface area contributed by atoms with Gasteiger partial charge in [-0.2, -0.15) is 18.3 Å². The fraction of sp³-hybridized carbons (Fsp3) is 0.458. The third-order valence-electron chi connectivity index (χ3n) is 6.64. The van der Waals surface area contributed by atoms with Crippen LogP contribution in [0.25, 0.3) is 11.3 Å². The van der Waals surface area contributed by atoms with E-state index < -0.39 is 28.8 Å². The van der Waals surface area contributed by atoms with E-state index in [1.165, 1.54) is 6.07 Å². The van der Waals surface area contributed by atoms with E-state index >= 15 is 0 Å².